The van der Waals surface area contributed by atoms with Crippen molar-refractivity contribution in [2.24, 2.45) is 0 Å². The second kappa shape index (κ2) is 10.6. The third-order valence-corrected chi connectivity index (χ3v) is 7.61. The van der Waals surface area contributed by atoms with Crippen LogP contribution in [0.3, 0.4) is 0 Å². The average Bonchev–Trinajstić information content (AvgIpc) is 2.91. The lowest BCUT2D eigenvalue weighted by molar-refractivity contribution is -0.119. The van der Waals surface area contributed by atoms with Gasteiger partial charge in [-0.2, -0.15) is 0 Å². The molecule has 2 atom stereocenters. The maximum absolute atomic E-state index is 14.2. The Hall–Kier alpha value is -3.71. The average molecular weight is 535 g/mol. The second-order valence-electron chi connectivity index (χ2n) is 9.41. The number of carbonyl (C=O) groups excluding carboxylic acids is 2. The molecule has 2 aliphatic rings. The van der Waals surface area contributed by atoms with Gasteiger partial charge < -0.3 is 24.4 Å². The van der Waals surface area contributed by atoms with Gasteiger partial charge in [-0.05, 0) is 73.7 Å². The Morgan fingerprint density at radius 2 is 1.74 bits per heavy atom. The number of hydrogen-bond acceptors (Lipinski definition) is 5. The van der Waals surface area contributed by atoms with E-state index in [4.69, 9.17) is 25.8 Å². The van der Waals surface area contributed by atoms with Crippen LogP contribution in [0.4, 0.5) is 5.69 Å². The number of ether oxygens (including phenoxy) is 3. The Balaban J connectivity index is 1.65. The molecular formula is C30H31ClN2O5. The van der Waals surface area contributed by atoms with E-state index in [-0.39, 0.29) is 11.8 Å². The van der Waals surface area contributed by atoms with E-state index in [1.807, 2.05) is 56.0 Å². The van der Waals surface area contributed by atoms with E-state index in [1.54, 1.807) is 18.2 Å². The molecule has 3 aromatic carbocycles. The predicted octanol–water partition coefficient (Wildman–Crippen LogP) is 5.93. The number of methoxy groups -OCH3 is 1. The van der Waals surface area contributed by atoms with Crippen LogP contribution >= 0.6 is 11.6 Å². The number of hydrogen-bond donors (Lipinski definition) is 1. The topological polar surface area (TPSA) is 77.1 Å². The molecule has 0 spiro atoms. The van der Waals surface area contributed by atoms with E-state index in [2.05, 4.69) is 5.32 Å². The SMILES string of the molecule is CCOc1cc2c(cc1OCC)[C@@H]1[C@@H](C(=O)Nc3cc(C)c(Cl)cc3OC)c3ccccc3C(=O)N1CC2. The van der Waals surface area contributed by atoms with Gasteiger partial charge in [0.25, 0.3) is 5.91 Å². The van der Waals surface area contributed by atoms with Gasteiger partial charge in [0.1, 0.15) is 5.75 Å². The predicted molar refractivity (Wildman–Crippen MR) is 147 cm³/mol. The minimum atomic E-state index is -0.656. The molecule has 2 amide bonds. The molecule has 3 aromatic rings. The number of anilines is 1. The van der Waals surface area contributed by atoms with Crippen LogP contribution in [0.25, 0.3) is 0 Å². The fourth-order valence-corrected chi connectivity index (χ4v) is 5.65. The summed E-state index contributed by atoms with van der Waals surface area (Å²) in [4.78, 5) is 29.6. The normalized spacial score (nSPS) is 17.7. The van der Waals surface area contributed by atoms with Gasteiger partial charge in [-0.1, -0.05) is 29.8 Å². The standard InChI is InChI=1S/C30H31ClN2O5/c1-5-37-25-14-18-11-12-33-28(21(18)15-26(25)38-6-2)27(19-9-7-8-10-20(19)30(33)35)29(34)32-23-13-17(3)22(31)16-24(23)36-4/h7-10,13-16,27-28H,5-6,11-12H2,1-4H3,(H,32,34)/t27-,28+/m0/s1. The molecule has 0 aromatic heterocycles. The fourth-order valence-electron chi connectivity index (χ4n) is 5.49. The minimum absolute atomic E-state index is 0.0768. The number of nitrogens with one attached hydrogen (secondary N) is 1. The third-order valence-electron chi connectivity index (χ3n) is 7.21. The van der Waals surface area contributed by atoms with Gasteiger partial charge >= 0.3 is 0 Å². The summed E-state index contributed by atoms with van der Waals surface area (Å²) in [6.07, 6.45) is 0.658. The number of aryl methyl sites for hydroxylation is 1. The second-order valence-corrected chi connectivity index (χ2v) is 9.82. The van der Waals surface area contributed by atoms with Crippen LogP contribution in [-0.4, -0.2) is 43.6 Å². The van der Waals surface area contributed by atoms with Crippen LogP contribution in [0.5, 0.6) is 17.2 Å². The molecule has 0 unspecified atom stereocenters. The highest BCUT2D eigenvalue weighted by Crippen LogP contribution is 2.49. The number of nitrogens with zero attached hydrogens (tertiary/aromatic N) is 1. The van der Waals surface area contributed by atoms with E-state index in [9.17, 15) is 9.59 Å². The minimum Gasteiger partial charge on any atom is -0.495 e. The van der Waals surface area contributed by atoms with Crippen molar-refractivity contribution in [2.75, 3.05) is 32.2 Å². The Kier molecular flexibility index (Phi) is 7.21. The molecule has 0 saturated heterocycles. The Labute approximate surface area is 227 Å². The molecule has 7 nitrogen and oxygen atoms in total. The number of carbonyl (C=O) groups is 2. The van der Waals surface area contributed by atoms with Crippen molar-refractivity contribution in [3.8, 4) is 17.2 Å². The first-order valence-corrected chi connectivity index (χ1v) is 13.2. The lowest BCUT2D eigenvalue weighted by Crippen LogP contribution is -2.49. The van der Waals surface area contributed by atoms with E-state index >= 15 is 0 Å². The van der Waals surface area contributed by atoms with Crippen LogP contribution in [0.1, 0.15) is 58.4 Å². The van der Waals surface area contributed by atoms with Crippen LogP contribution in [-0.2, 0) is 11.2 Å². The van der Waals surface area contributed by atoms with Gasteiger partial charge in [0, 0.05) is 23.2 Å². The number of halogens is 1. The molecule has 0 bridgehead atoms. The number of fused-ring (bicyclic) bond motifs is 4. The summed E-state index contributed by atoms with van der Waals surface area (Å²) in [6.45, 7) is 7.19. The van der Waals surface area contributed by atoms with E-state index in [0.29, 0.717) is 65.3 Å². The van der Waals surface area contributed by atoms with Gasteiger partial charge in [-0.3, -0.25) is 9.59 Å². The molecule has 198 valence electrons. The zero-order valence-corrected chi connectivity index (χ0v) is 22.7. The molecule has 5 rings (SSSR count). The first kappa shape index (κ1) is 25.9. The molecule has 0 saturated carbocycles. The summed E-state index contributed by atoms with van der Waals surface area (Å²) < 4.78 is 17.3. The zero-order valence-electron chi connectivity index (χ0n) is 22.0. The van der Waals surface area contributed by atoms with Crippen molar-refractivity contribution in [2.45, 2.75) is 39.2 Å². The lowest BCUT2D eigenvalue weighted by atomic mass is 9.75. The molecule has 2 heterocycles. The van der Waals surface area contributed by atoms with E-state index in [0.717, 1.165) is 16.7 Å². The largest absolute Gasteiger partial charge is 0.495 e. The Bertz CT molecular complexity index is 1410. The van der Waals surface area contributed by atoms with Crippen molar-refractivity contribution in [3.63, 3.8) is 0 Å². The molecule has 38 heavy (non-hydrogen) atoms. The molecule has 0 aliphatic carbocycles. The highest BCUT2D eigenvalue weighted by atomic mass is 35.5. The van der Waals surface area contributed by atoms with Crippen molar-refractivity contribution in [3.05, 3.63) is 81.4 Å². The smallest absolute Gasteiger partial charge is 0.254 e. The molecular weight excluding hydrogens is 504 g/mol. The van der Waals surface area contributed by atoms with E-state index in [1.165, 1.54) is 7.11 Å². The number of rotatable bonds is 7. The number of benzene rings is 3. The summed E-state index contributed by atoms with van der Waals surface area (Å²) in [6, 6.07) is 14.3. The summed E-state index contributed by atoms with van der Waals surface area (Å²) in [5.74, 6) is 0.777. The Morgan fingerprint density at radius 3 is 2.45 bits per heavy atom. The van der Waals surface area contributed by atoms with Crippen molar-refractivity contribution >= 4 is 29.1 Å². The van der Waals surface area contributed by atoms with Crippen LogP contribution < -0.4 is 19.5 Å². The maximum Gasteiger partial charge on any atom is 0.254 e. The molecule has 0 fully saturated rings. The van der Waals surface area contributed by atoms with Gasteiger partial charge in [0.15, 0.2) is 11.5 Å². The van der Waals surface area contributed by atoms with Crippen LogP contribution in [0, 0.1) is 6.92 Å². The highest BCUT2D eigenvalue weighted by molar-refractivity contribution is 6.31. The van der Waals surface area contributed by atoms with Crippen LogP contribution in [0.15, 0.2) is 48.5 Å². The first-order chi connectivity index (χ1) is 18.4. The summed E-state index contributed by atoms with van der Waals surface area (Å²) >= 11 is 6.30. The third kappa shape index (κ3) is 4.45. The summed E-state index contributed by atoms with van der Waals surface area (Å²) in [5.41, 5.74) is 4.52. The Morgan fingerprint density at radius 1 is 1.03 bits per heavy atom. The molecule has 0 radical (unpaired) electrons. The monoisotopic (exact) mass is 534 g/mol. The van der Waals surface area contributed by atoms with Crippen molar-refractivity contribution in [1.82, 2.24) is 4.90 Å². The lowest BCUT2D eigenvalue weighted by Gasteiger charge is -2.45. The molecule has 2 aliphatic heterocycles. The van der Waals surface area contributed by atoms with Gasteiger partial charge in [0.2, 0.25) is 5.91 Å². The van der Waals surface area contributed by atoms with E-state index < -0.39 is 12.0 Å². The van der Waals surface area contributed by atoms with Crippen molar-refractivity contribution < 1.29 is 23.8 Å². The van der Waals surface area contributed by atoms with Crippen molar-refractivity contribution in [1.29, 1.82) is 0 Å². The highest BCUT2D eigenvalue weighted by Gasteiger charge is 2.46. The van der Waals surface area contributed by atoms with Gasteiger partial charge in [0.05, 0.1) is 38.0 Å². The maximum atomic E-state index is 14.2. The first-order valence-electron chi connectivity index (χ1n) is 12.8. The summed E-state index contributed by atoms with van der Waals surface area (Å²) in [5, 5.41) is 3.62. The summed E-state index contributed by atoms with van der Waals surface area (Å²) in [7, 11) is 1.54. The van der Waals surface area contributed by atoms with Gasteiger partial charge in [-0.15, -0.1) is 0 Å². The fraction of sp³-hybridized carbons (Fsp3) is 0.333. The quantitative estimate of drug-likeness (QED) is 0.406. The molecule has 1 N–H and O–H groups in total. The number of amides is 2. The van der Waals surface area contributed by atoms with Crippen LogP contribution in [0.2, 0.25) is 5.02 Å². The molecule has 8 heteroatoms. The zero-order chi connectivity index (χ0) is 27.0. The van der Waals surface area contributed by atoms with Gasteiger partial charge in [-0.25, -0.2) is 0 Å².